The number of aromatic nitrogens is 2. The molecule has 1 saturated heterocycles. The maximum Gasteiger partial charge on any atom is 0.232 e. The van der Waals surface area contributed by atoms with Crippen molar-refractivity contribution in [3.8, 4) is 0 Å². The molecule has 1 aromatic rings. The largest absolute Gasteiger partial charge is 0.339 e. The zero-order valence-corrected chi connectivity index (χ0v) is 14.1. The molecule has 1 aromatic heterocycles. The van der Waals surface area contributed by atoms with Gasteiger partial charge in [0, 0.05) is 18.0 Å². The summed E-state index contributed by atoms with van der Waals surface area (Å²) in [5, 5.41) is 7.65. The van der Waals surface area contributed by atoms with Crippen molar-refractivity contribution < 1.29 is 4.52 Å². The Hall–Kier alpha value is -0.940. The predicted octanol–water partition coefficient (Wildman–Crippen LogP) is 2.58. The average Bonchev–Trinajstić information content (AvgIpc) is 2.87. The normalized spacial score (nSPS) is 20.4. The smallest absolute Gasteiger partial charge is 0.232 e. The molecular formula is C16H30N4O. The number of piperidine rings is 1. The molecule has 0 spiro atoms. The van der Waals surface area contributed by atoms with Gasteiger partial charge in [0.25, 0.3) is 0 Å². The fraction of sp³-hybridized carbons (Fsp3) is 0.875. The van der Waals surface area contributed by atoms with E-state index in [4.69, 9.17) is 4.52 Å². The summed E-state index contributed by atoms with van der Waals surface area (Å²) in [6.45, 7) is 14.9. The minimum absolute atomic E-state index is 0.0821. The van der Waals surface area contributed by atoms with E-state index in [1.54, 1.807) is 0 Å². The van der Waals surface area contributed by atoms with E-state index in [0.29, 0.717) is 6.04 Å². The lowest BCUT2D eigenvalue weighted by molar-refractivity contribution is 0.158. The van der Waals surface area contributed by atoms with Crippen LogP contribution in [0.5, 0.6) is 0 Å². The maximum atomic E-state index is 5.40. The molecule has 1 N–H and O–H groups in total. The summed E-state index contributed by atoms with van der Waals surface area (Å²) in [6, 6.07) is 0.489. The summed E-state index contributed by atoms with van der Waals surface area (Å²) < 4.78 is 5.40. The van der Waals surface area contributed by atoms with Crippen molar-refractivity contribution in [2.45, 2.75) is 65.5 Å². The molecule has 1 aliphatic heterocycles. The summed E-state index contributed by atoms with van der Waals surface area (Å²) in [4.78, 5) is 7.02. The topological polar surface area (TPSA) is 54.2 Å². The number of rotatable bonds is 5. The van der Waals surface area contributed by atoms with Crippen LogP contribution in [0, 0.1) is 5.92 Å². The monoisotopic (exact) mass is 294 g/mol. The van der Waals surface area contributed by atoms with Crippen molar-refractivity contribution in [3.63, 3.8) is 0 Å². The molecule has 5 heteroatoms. The lowest BCUT2D eigenvalue weighted by Crippen LogP contribution is -2.41. The van der Waals surface area contributed by atoms with Crippen LogP contribution in [0.3, 0.4) is 0 Å². The fourth-order valence-electron chi connectivity index (χ4n) is 2.67. The fourth-order valence-corrected chi connectivity index (χ4v) is 2.67. The lowest BCUT2D eigenvalue weighted by atomic mass is 9.97. The van der Waals surface area contributed by atoms with Crippen LogP contribution in [0.25, 0.3) is 0 Å². The van der Waals surface area contributed by atoms with Crippen LogP contribution < -0.4 is 5.32 Å². The third-order valence-electron chi connectivity index (χ3n) is 4.08. The molecule has 5 nitrogen and oxygen atoms in total. The van der Waals surface area contributed by atoms with Gasteiger partial charge in [-0.15, -0.1) is 0 Å². The molecule has 1 unspecified atom stereocenters. The van der Waals surface area contributed by atoms with E-state index in [9.17, 15) is 0 Å². The Bertz CT molecular complexity index is 430. The first-order valence-corrected chi connectivity index (χ1v) is 8.14. The highest BCUT2D eigenvalue weighted by atomic mass is 16.5. The third kappa shape index (κ3) is 4.78. The van der Waals surface area contributed by atoms with Gasteiger partial charge in [-0.3, -0.25) is 4.90 Å². The van der Waals surface area contributed by atoms with Crippen LogP contribution in [0.2, 0.25) is 0 Å². The van der Waals surface area contributed by atoms with Crippen molar-refractivity contribution in [2.24, 2.45) is 5.92 Å². The first kappa shape index (κ1) is 16.4. The molecule has 1 aliphatic rings. The van der Waals surface area contributed by atoms with Gasteiger partial charge in [0.1, 0.15) is 0 Å². The summed E-state index contributed by atoms with van der Waals surface area (Å²) in [5.41, 5.74) is -0.0821. The van der Waals surface area contributed by atoms with E-state index in [1.165, 1.54) is 12.8 Å². The Morgan fingerprint density at radius 1 is 1.38 bits per heavy atom. The lowest BCUT2D eigenvalue weighted by Gasteiger charge is -2.31. The molecule has 1 atom stereocenters. The molecule has 0 amide bonds. The maximum absolute atomic E-state index is 5.40. The van der Waals surface area contributed by atoms with Gasteiger partial charge in [-0.2, -0.15) is 4.98 Å². The van der Waals surface area contributed by atoms with E-state index in [2.05, 4.69) is 55.0 Å². The van der Waals surface area contributed by atoms with E-state index in [-0.39, 0.29) is 5.41 Å². The molecule has 2 rings (SSSR count). The minimum Gasteiger partial charge on any atom is -0.339 e. The van der Waals surface area contributed by atoms with Crippen molar-refractivity contribution in [1.82, 2.24) is 20.4 Å². The Labute approximate surface area is 128 Å². The van der Waals surface area contributed by atoms with E-state index in [0.717, 1.165) is 43.8 Å². The van der Waals surface area contributed by atoms with Gasteiger partial charge in [-0.05, 0) is 45.7 Å². The Morgan fingerprint density at radius 2 is 2.14 bits per heavy atom. The van der Waals surface area contributed by atoms with Gasteiger partial charge in [0.2, 0.25) is 5.89 Å². The molecule has 2 heterocycles. The molecule has 0 saturated carbocycles. The number of nitrogens with one attached hydrogen (secondary N) is 1. The van der Waals surface area contributed by atoms with Crippen molar-refractivity contribution in [1.29, 1.82) is 0 Å². The second kappa shape index (κ2) is 6.88. The SMILES string of the molecule is CC(C)N(Cc1noc(C(C)(C)C)n1)CC1CCCNC1. The van der Waals surface area contributed by atoms with Crippen LogP contribution in [0.4, 0.5) is 0 Å². The summed E-state index contributed by atoms with van der Waals surface area (Å²) in [7, 11) is 0. The van der Waals surface area contributed by atoms with Crippen LogP contribution in [0.15, 0.2) is 4.52 Å². The standard InChI is InChI=1S/C16H30N4O/c1-12(2)20(10-13-7-6-8-17-9-13)11-14-18-15(21-19-14)16(3,4)5/h12-13,17H,6-11H2,1-5H3. The molecule has 0 aromatic carbocycles. The highest BCUT2D eigenvalue weighted by Crippen LogP contribution is 2.21. The number of hydrogen-bond donors (Lipinski definition) is 1. The van der Waals surface area contributed by atoms with Crippen LogP contribution in [0.1, 0.15) is 59.2 Å². The molecule has 0 bridgehead atoms. The van der Waals surface area contributed by atoms with Crippen LogP contribution in [-0.2, 0) is 12.0 Å². The van der Waals surface area contributed by atoms with Gasteiger partial charge >= 0.3 is 0 Å². The first-order valence-electron chi connectivity index (χ1n) is 8.14. The van der Waals surface area contributed by atoms with E-state index >= 15 is 0 Å². The van der Waals surface area contributed by atoms with Crippen LogP contribution >= 0.6 is 0 Å². The molecule has 0 aliphatic carbocycles. The zero-order chi connectivity index (χ0) is 15.5. The van der Waals surface area contributed by atoms with Gasteiger partial charge < -0.3 is 9.84 Å². The third-order valence-corrected chi connectivity index (χ3v) is 4.08. The van der Waals surface area contributed by atoms with Crippen molar-refractivity contribution in [3.05, 3.63) is 11.7 Å². The average molecular weight is 294 g/mol. The van der Waals surface area contributed by atoms with Gasteiger partial charge in [-0.25, -0.2) is 0 Å². The van der Waals surface area contributed by atoms with Gasteiger partial charge in [0.05, 0.1) is 6.54 Å². The second-order valence-corrected chi connectivity index (χ2v) is 7.50. The van der Waals surface area contributed by atoms with Crippen molar-refractivity contribution >= 4 is 0 Å². The highest BCUT2D eigenvalue weighted by Gasteiger charge is 2.24. The zero-order valence-electron chi connectivity index (χ0n) is 14.1. The Morgan fingerprint density at radius 3 is 2.67 bits per heavy atom. The predicted molar refractivity (Wildman–Crippen MR) is 84.1 cm³/mol. The summed E-state index contributed by atoms with van der Waals surface area (Å²) in [6.07, 6.45) is 2.60. The van der Waals surface area contributed by atoms with Gasteiger partial charge in [-0.1, -0.05) is 25.9 Å². The Balaban J connectivity index is 1.97. The molecule has 1 fully saturated rings. The van der Waals surface area contributed by atoms with Gasteiger partial charge in [0.15, 0.2) is 5.82 Å². The minimum atomic E-state index is -0.0821. The van der Waals surface area contributed by atoms with E-state index < -0.39 is 0 Å². The molecular weight excluding hydrogens is 264 g/mol. The summed E-state index contributed by atoms with van der Waals surface area (Å²) in [5.74, 6) is 2.26. The van der Waals surface area contributed by atoms with E-state index in [1.807, 2.05) is 0 Å². The summed E-state index contributed by atoms with van der Waals surface area (Å²) >= 11 is 0. The highest BCUT2D eigenvalue weighted by molar-refractivity contribution is 4.98. The second-order valence-electron chi connectivity index (χ2n) is 7.50. The molecule has 120 valence electrons. The molecule has 0 radical (unpaired) electrons. The van der Waals surface area contributed by atoms with Crippen molar-refractivity contribution in [2.75, 3.05) is 19.6 Å². The number of hydrogen-bond acceptors (Lipinski definition) is 5. The molecule has 21 heavy (non-hydrogen) atoms. The van der Waals surface area contributed by atoms with Crippen LogP contribution in [-0.4, -0.2) is 40.7 Å². The first-order chi connectivity index (χ1) is 9.86. The number of nitrogens with zero attached hydrogens (tertiary/aromatic N) is 3. The Kier molecular flexibility index (Phi) is 5.38. The quantitative estimate of drug-likeness (QED) is 0.904.